The van der Waals surface area contributed by atoms with E-state index >= 15 is 0 Å². The lowest BCUT2D eigenvalue weighted by Crippen LogP contribution is -2.50. The van der Waals surface area contributed by atoms with Crippen molar-refractivity contribution in [2.45, 2.75) is 39.1 Å². The van der Waals surface area contributed by atoms with E-state index in [4.69, 9.17) is 0 Å². The first-order valence-electron chi connectivity index (χ1n) is 10.5. The molecule has 1 saturated heterocycles. The number of amides is 1. The van der Waals surface area contributed by atoms with Gasteiger partial charge in [0.25, 0.3) is 5.91 Å². The summed E-state index contributed by atoms with van der Waals surface area (Å²) in [5.41, 5.74) is 2.90. The van der Waals surface area contributed by atoms with Crippen molar-refractivity contribution in [3.63, 3.8) is 0 Å². The molecule has 1 aliphatic heterocycles. The van der Waals surface area contributed by atoms with E-state index in [0.717, 1.165) is 16.3 Å². The zero-order chi connectivity index (χ0) is 23.0. The van der Waals surface area contributed by atoms with Crippen molar-refractivity contribution in [3.05, 3.63) is 62.9 Å². The normalized spacial score (nSPS) is 15.3. The van der Waals surface area contributed by atoms with Crippen LogP contribution < -0.4 is 0 Å². The highest BCUT2D eigenvalue weighted by Crippen LogP contribution is 2.26. The molecule has 0 N–H and O–H groups in total. The van der Waals surface area contributed by atoms with Gasteiger partial charge in [-0.05, 0) is 33.3 Å². The van der Waals surface area contributed by atoms with Crippen LogP contribution in [0.15, 0.2) is 35.2 Å². The second kappa shape index (κ2) is 8.76. The molecular formula is C22H27N5O3S2. The molecule has 0 bridgehead atoms. The molecule has 0 atom stereocenters. The molecule has 0 unspecified atom stereocenters. The number of hydrogen-bond donors (Lipinski definition) is 0. The van der Waals surface area contributed by atoms with Gasteiger partial charge in [-0.15, -0.1) is 11.3 Å². The lowest BCUT2D eigenvalue weighted by molar-refractivity contribution is 0.0701. The molecule has 1 aromatic carbocycles. The number of aromatic nitrogens is 3. The van der Waals surface area contributed by atoms with Gasteiger partial charge in [0.2, 0.25) is 10.0 Å². The summed E-state index contributed by atoms with van der Waals surface area (Å²) in [4.78, 5) is 19.8. The standard InChI is InChI=1S/C22H27N5O3S2/c1-15-20(31-18(4)23-15)22(28)25-10-12-26(13-11-25)32(29,30)21-16(2)24-27(17(21)3)14-19-8-6-5-7-9-19/h5-9H,10-14H2,1-4H3. The predicted octanol–water partition coefficient (Wildman–Crippen LogP) is 2.77. The van der Waals surface area contributed by atoms with Gasteiger partial charge in [0, 0.05) is 26.2 Å². The van der Waals surface area contributed by atoms with Crippen LogP contribution >= 0.6 is 11.3 Å². The smallest absolute Gasteiger partial charge is 0.265 e. The zero-order valence-corrected chi connectivity index (χ0v) is 20.3. The van der Waals surface area contributed by atoms with Gasteiger partial charge in [-0.1, -0.05) is 30.3 Å². The van der Waals surface area contributed by atoms with Crippen molar-refractivity contribution in [1.29, 1.82) is 0 Å². The van der Waals surface area contributed by atoms with Crippen LogP contribution in [0.3, 0.4) is 0 Å². The molecule has 3 heterocycles. The summed E-state index contributed by atoms with van der Waals surface area (Å²) in [7, 11) is -3.71. The highest BCUT2D eigenvalue weighted by atomic mass is 32.2. The number of aryl methyl sites for hydroxylation is 3. The van der Waals surface area contributed by atoms with Crippen molar-refractivity contribution in [1.82, 2.24) is 24.0 Å². The Morgan fingerprint density at radius 1 is 1.00 bits per heavy atom. The third kappa shape index (κ3) is 4.22. The fourth-order valence-electron chi connectivity index (χ4n) is 4.10. The summed E-state index contributed by atoms with van der Waals surface area (Å²) in [6.07, 6.45) is 0. The Balaban J connectivity index is 1.50. The topological polar surface area (TPSA) is 88.4 Å². The van der Waals surface area contributed by atoms with Gasteiger partial charge in [0.1, 0.15) is 9.77 Å². The maximum absolute atomic E-state index is 13.5. The number of carbonyl (C=O) groups excluding carboxylic acids is 1. The van der Waals surface area contributed by atoms with Crippen molar-refractivity contribution < 1.29 is 13.2 Å². The van der Waals surface area contributed by atoms with E-state index in [0.29, 0.717) is 35.9 Å². The van der Waals surface area contributed by atoms with Crippen molar-refractivity contribution in [2.24, 2.45) is 0 Å². The summed E-state index contributed by atoms with van der Waals surface area (Å²) < 4.78 is 30.1. The molecule has 1 fully saturated rings. The Kier molecular flexibility index (Phi) is 6.19. The summed E-state index contributed by atoms with van der Waals surface area (Å²) in [5, 5.41) is 5.35. The van der Waals surface area contributed by atoms with Crippen LogP contribution in [0.4, 0.5) is 0 Å². The van der Waals surface area contributed by atoms with E-state index < -0.39 is 10.0 Å². The second-order valence-corrected chi connectivity index (χ2v) is 11.1. The number of sulfonamides is 1. The lowest BCUT2D eigenvalue weighted by atomic mass is 10.2. The van der Waals surface area contributed by atoms with Crippen LogP contribution in [-0.2, 0) is 16.6 Å². The molecule has 0 radical (unpaired) electrons. The molecule has 3 aromatic rings. The molecule has 1 aliphatic rings. The Bertz CT molecular complexity index is 1240. The number of carbonyl (C=O) groups is 1. The van der Waals surface area contributed by atoms with Crippen LogP contribution in [0, 0.1) is 27.7 Å². The van der Waals surface area contributed by atoms with E-state index in [9.17, 15) is 13.2 Å². The largest absolute Gasteiger partial charge is 0.335 e. The highest BCUT2D eigenvalue weighted by molar-refractivity contribution is 7.89. The minimum absolute atomic E-state index is 0.0758. The molecule has 170 valence electrons. The first-order valence-corrected chi connectivity index (χ1v) is 12.8. The highest BCUT2D eigenvalue weighted by Gasteiger charge is 2.35. The number of nitrogens with zero attached hydrogens (tertiary/aromatic N) is 5. The second-order valence-electron chi connectivity index (χ2n) is 7.99. The van der Waals surface area contributed by atoms with Gasteiger partial charge < -0.3 is 4.90 Å². The monoisotopic (exact) mass is 473 g/mol. The molecule has 2 aromatic heterocycles. The van der Waals surface area contributed by atoms with Gasteiger partial charge in [-0.2, -0.15) is 9.40 Å². The average molecular weight is 474 g/mol. The van der Waals surface area contributed by atoms with Crippen molar-refractivity contribution in [3.8, 4) is 0 Å². The van der Waals surface area contributed by atoms with Crippen LogP contribution in [0.2, 0.25) is 0 Å². The Hall–Kier alpha value is -2.56. The van der Waals surface area contributed by atoms with E-state index in [1.54, 1.807) is 23.4 Å². The number of thiazole rings is 1. The number of hydrogen-bond acceptors (Lipinski definition) is 6. The van der Waals surface area contributed by atoms with Crippen LogP contribution in [0.5, 0.6) is 0 Å². The summed E-state index contributed by atoms with van der Waals surface area (Å²) >= 11 is 1.38. The van der Waals surface area contributed by atoms with E-state index in [-0.39, 0.29) is 23.9 Å². The molecular weight excluding hydrogens is 446 g/mol. The minimum atomic E-state index is -3.71. The zero-order valence-electron chi connectivity index (χ0n) is 18.7. The summed E-state index contributed by atoms with van der Waals surface area (Å²) in [5.74, 6) is -0.0758. The van der Waals surface area contributed by atoms with Gasteiger partial charge in [0.05, 0.1) is 28.6 Å². The third-order valence-corrected chi connectivity index (χ3v) is 8.92. The number of piperazine rings is 1. The molecule has 0 spiro atoms. The van der Waals surface area contributed by atoms with Crippen LogP contribution in [-0.4, -0.2) is 64.5 Å². The van der Waals surface area contributed by atoms with E-state index in [1.807, 2.05) is 44.2 Å². The Labute approximate surface area is 192 Å². The first kappa shape index (κ1) is 22.6. The minimum Gasteiger partial charge on any atom is -0.335 e. The quantitative estimate of drug-likeness (QED) is 0.569. The molecule has 8 nitrogen and oxygen atoms in total. The third-order valence-electron chi connectivity index (χ3n) is 5.71. The summed E-state index contributed by atoms with van der Waals surface area (Å²) in [6.45, 7) is 8.97. The van der Waals surface area contributed by atoms with Gasteiger partial charge in [-0.25, -0.2) is 13.4 Å². The van der Waals surface area contributed by atoms with E-state index in [2.05, 4.69) is 10.1 Å². The predicted molar refractivity (Wildman–Crippen MR) is 123 cm³/mol. The van der Waals surface area contributed by atoms with Crippen LogP contribution in [0.1, 0.15) is 37.3 Å². The Morgan fingerprint density at radius 3 is 2.25 bits per heavy atom. The molecule has 1 amide bonds. The fourth-order valence-corrected chi connectivity index (χ4v) is 6.78. The molecule has 0 saturated carbocycles. The average Bonchev–Trinajstić information content (AvgIpc) is 3.25. The van der Waals surface area contributed by atoms with E-state index in [1.165, 1.54) is 15.6 Å². The molecule has 4 rings (SSSR count). The Morgan fingerprint density at radius 2 is 1.66 bits per heavy atom. The summed E-state index contributed by atoms with van der Waals surface area (Å²) in [6, 6.07) is 9.84. The first-order chi connectivity index (χ1) is 15.2. The number of rotatable bonds is 5. The molecule has 10 heteroatoms. The van der Waals surface area contributed by atoms with Crippen LogP contribution in [0.25, 0.3) is 0 Å². The molecule has 32 heavy (non-hydrogen) atoms. The van der Waals surface area contributed by atoms with Gasteiger partial charge in [0.15, 0.2) is 0 Å². The number of benzene rings is 1. The van der Waals surface area contributed by atoms with Crippen molar-refractivity contribution >= 4 is 27.3 Å². The van der Waals surface area contributed by atoms with Crippen molar-refractivity contribution in [2.75, 3.05) is 26.2 Å². The maximum atomic E-state index is 13.5. The SMILES string of the molecule is Cc1nc(C)c(C(=O)N2CCN(S(=O)(=O)c3c(C)nn(Cc4ccccc4)c3C)CC2)s1. The maximum Gasteiger partial charge on any atom is 0.265 e. The fraction of sp³-hybridized carbons (Fsp3) is 0.409. The van der Waals surface area contributed by atoms with Gasteiger partial charge >= 0.3 is 0 Å². The van der Waals surface area contributed by atoms with Gasteiger partial charge in [-0.3, -0.25) is 9.48 Å². The molecule has 0 aliphatic carbocycles. The lowest BCUT2D eigenvalue weighted by Gasteiger charge is -2.33.